The zero-order valence-electron chi connectivity index (χ0n) is 15.1. The van der Waals surface area contributed by atoms with E-state index in [1.807, 2.05) is 24.3 Å². The highest BCUT2D eigenvalue weighted by Gasteiger charge is 2.07. The minimum Gasteiger partial charge on any atom is -0.355 e. The summed E-state index contributed by atoms with van der Waals surface area (Å²) >= 11 is 0. The number of carbonyl (C=O) groups is 1. The van der Waals surface area contributed by atoms with E-state index in [9.17, 15) is 4.79 Å². The number of hydrogen-bond acceptors (Lipinski definition) is 2. The average molecular weight is 324 g/mol. The summed E-state index contributed by atoms with van der Waals surface area (Å²) in [7, 11) is 1.64. The minimum absolute atomic E-state index is 0.0515. The second kappa shape index (κ2) is 8.65. The van der Waals surface area contributed by atoms with E-state index in [2.05, 4.69) is 55.7 Å². The zero-order chi connectivity index (χ0) is 17.5. The third-order valence-corrected chi connectivity index (χ3v) is 4.18. The standard InChI is InChI=1S/C21H28N2O/c1-15(2)13-17-5-9-19(10-6-17)16(3)23-14-18-7-11-20(12-8-18)21(24)22-4/h5-12,15-16,23H,13-14H2,1-4H3,(H,22,24). The maximum Gasteiger partial charge on any atom is 0.251 e. The largest absolute Gasteiger partial charge is 0.355 e. The van der Waals surface area contributed by atoms with Crippen molar-refractivity contribution in [3.8, 4) is 0 Å². The molecule has 0 aliphatic rings. The van der Waals surface area contributed by atoms with Crippen molar-refractivity contribution in [3.63, 3.8) is 0 Å². The fourth-order valence-electron chi connectivity index (χ4n) is 2.72. The highest BCUT2D eigenvalue weighted by atomic mass is 16.1. The van der Waals surface area contributed by atoms with Gasteiger partial charge in [0.05, 0.1) is 0 Å². The smallest absolute Gasteiger partial charge is 0.251 e. The molecule has 2 aromatic carbocycles. The van der Waals surface area contributed by atoms with Gasteiger partial charge in [-0.25, -0.2) is 0 Å². The number of carbonyl (C=O) groups excluding carboxylic acids is 1. The molecular weight excluding hydrogens is 296 g/mol. The lowest BCUT2D eigenvalue weighted by atomic mass is 10.00. The Balaban J connectivity index is 1.90. The molecule has 0 aliphatic heterocycles. The van der Waals surface area contributed by atoms with Gasteiger partial charge in [0.25, 0.3) is 5.91 Å². The van der Waals surface area contributed by atoms with Gasteiger partial charge in [0.15, 0.2) is 0 Å². The molecule has 3 heteroatoms. The van der Waals surface area contributed by atoms with Crippen molar-refractivity contribution in [1.29, 1.82) is 0 Å². The fourth-order valence-corrected chi connectivity index (χ4v) is 2.72. The van der Waals surface area contributed by atoms with Crippen molar-refractivity contribution in [2.45, 2.75) is 39.8 Å². The van der Waals surface area contributed by atoms with E-state index in [0.29, 0.717) is 11.5 Å². The Bertz CT molecular complexity index is 645. The zero-order valence-corrected chi connectivity index (χ0v) is 15.1. The van der Waals surface area contributed by atoms with Crippen molar-refractivity contribution in [3.05, 3.63) is 70.8 Å². The highest BCUT2D eigenvalue weighted by molar-refractivity contribution is 5.93. The molecule has 0 saturated carbocycles. The van der Waals surface area contributed by atoms with Crippen LogP contribution in [0.2, 0.25) is 0 Å². The molecule has 0 heterocycles. The summed E-state index contributed by atoms with van der Waals surface area (Å²) in [6.45, 7) is 7.44. The summed E-state index contributed by atoms with van der Waals surface area (Å²) in [6.07, 6.45) is 1.12. The molecule has 0 saturated heterocycles. The average Bonchev–Trinajstić information content (AvgIpc) is 2.59. The molecule has 3 nitrogen and oxygen atoms in total. The van der Waals surface area contributed by atoms with E-state index < -0.39 is 0 Å². The van der Waals surface area contributed by atoms with Crippen molar-refractivity contribution >= 4 is 5.91 Å². The third kappa shape index (κ3) is 5.20. The number of benzene rings is 2. The molecule has 2 rings (SSSR count). The summed E-state index contributed by atoms with van der Waals surface area (Å²) in [5, 5.41) is 6.17. The Hall–Kier alpha value is -2.13. The molecule has 128 valence electrons. The molecule has 24 heavy (non-hydrogen) atoms. The third-order valence-electron chi connectivity index (χ3n) is 4.18. The van der Waals surface area contributed by atoms with Crippen molar-refractivity contribution in [1.82, 2.24) is 10.6 Å². The van der Waals surface area contributed by atoms with E-state index in [0.717, 1.165) is 13.0 Å². The van der Waals surface area contributed by atoms with Crippen LogP contribution in [0.3, 0.4) is 0 Å². The number of rotatable bonds is 7. The summed E-state index contributed by atoms with van der Waals surface area (Å²) in [6, 6.07) is 16.9. The molecule has 2 N–H and O–H groups in total. The van der Waals surface area contributed by atoms with Gasteiger partial charge in [0.1, 0.15) is 0 Å². The number of hydrogen-bond donors (Lipinski definition) is 2. The summed E-state index contributed by atoms with van der Waals surface area (Å²) in [5.41, 5.74) is 4.55. The van der Waals surface area contributed by atoms with E-state index in [1.165, 1.54) is 16.7 Å². The Labute approximate surface area is 145 Å². The van der Waals surface area contributed by atoms with Crippen LogP contribution < -0.4 is 10.6 Å². The molecule has 1 unspecified atom stereocenters. The van der Waals surface area contributed by atoms with Crippen molar-refractivity contribution in [2.75, 3.05) is 7.05 Å². The first-order chi connectivity index (χ1) is 11.5. The Morgan fingerprint density at radius 2 is 1.50 bits per heavy atom. The van der Waals surface area contributed by atoms with Crippen LogP contribution >= 0.6 is 0 Å². The Morgan fingerprint density at radius 1 is 0.917 bits per heavy atom. The maximum atomic E-state index is 11.5. The van der Waals surface area contributed by atoms with Gasteiger partial charge in [0, 0.05) is 25.2 Å². The van der Waals surface area contributed by atoms with E-state index in [-0.39, 0.29) is 11.9 Å². The summed E-state index contributed by atoms with van der Waals surface area (Å²) in [4.78, 5) is 11.5. The van der Waals surface area contributed by atoms with Crippen LogP contribution in [-0.2, 0) is 13.0 Å². The minimum atomic E-state index is -0.0515. The van der Waals surface area contributed by atoms with Gasteiger partial charge in [-0.1, -0.05) is 50.2 Å². The van der Waals surface area contributed by atoms with Crippen LogP contribution in [0.15, 0.2) is 48.5 Å². The van der Waals surface area contributed by atoms with E-state index in [4.69, 9.17) is 0 Å². The topological polar surface area (TPSA) is 41.1 Å². The van der Waals surface area contributed by atoms with Gasteiger partial charge in [-0.2, -0.15) is 0 Å². The molecule has 1 amide bonds. The molecule has 0 fully saturated rings. The Kier molecular flexibility index (Phi) is 6.56. The second-order valence-corrected chi connectivity index (χ2v) is 6.72. The highest BCUT2D eigenvalue weighted by Crippen LogP contribution is 2.16. The van der Waals surface area contributed by atoms with Crippen molar-refractivity contribution in [2.24, 2.45) is 5.92 Å². The maximum absolute atomic E-state index is 11.5. The van der Waals surface area contributed by atoms with Crippen molar-refractivity contribution < 1.29 is 4.79 Å². The Morgan fingerprint density at radius 3 is 2.04 bits per heavy atom. The van der Waals surface area contributed by atoms with Gasteiger partial charge < -0.3 is 10.6 Å². The van der Waals surface area contributed by atoms with Gasteiger partial charge in [-0.05, 0) is 48.1 Å². The molecule has 0 aromatic heterocycles. The molecular formula is C21H28N2O. The molecule has 0 spiro atoms. The molecule has 0 radical (unpaired) electrons. The first-order valence-corrected chi connectivity index (χ1v) is 8.63. The van der Waals surface area contributed by atoms with Crippen LogP contribution in [0, 0.1) is 5.92 Å². The van der Waals surface area contributed by atoms with Crippen LogP contribution in [0.1, 0.15) is 53.9 Å². The monoisotopic (exact) mass is 324 g/mol. The van der Waals surface area contributed by atoms with Gasteiger partial charge >= 0.3 is 0 Å². The van der Waals surface area contributed by atoms with Gasteiger partial charge in [-0.3, -0.25) is 4.79 Å². The van der Waals surface area contributed by atoms with Crippen LogP contribution in [0.25, 0.3) is 0 Å². The normalized spacial score (nSPS) is 12.2. The van der Waals surface area contributed by atoms with E-state index >= 15 is 0 Å². The van der Waals surface area contributed by atoms with Crippen LogP contribution in [0.4, 0.5) is 0 Å². The quantitative estimate of drug-likeness (QED) is 0.805. The van der Waals surface area contributed by atoms with Crippen LogP contribution in [-0.4, -0.2) is 13.0 Å². The SMILES string of the molecule is CNC(=O)c1ccc(CNC(C)c2ccc(CC(C)C)cc2)cc1. The van der Waals surface area contributed by atoms with Gasteiger partial charge in [-0.15, -0.1) is 0 Å². The lowest BCUT2D eigenvalue weighted by Gasteiger charge is -2.15. The predicted molar refractivity (Wildman–Crippen MR) is 100 cm³/mol. The molecule has 1 atom stereocenters. The fraction of sp³-hybridized carbons (Fsp3) is 0.381. The summed E-state index contributed by atoms with van der Waals surface area (Å²) < 4.78 is 0. The second-order valence-electron chi connectivity index (χ2n) is 6.72. The van der Waals surface area contributed by atoms with E-state index in [1.54, 1.807) is 7.05 Å². The molecule has 0 bridgehead atoms. The van der Waals surface area contributed by atoms with Crippen LogP contribution in [0.5, 0.6) is 0 Å². The first kappa shape index (κ1) is 18.2. The first-order valence-electron chi connectivity index (χ1n) is 8.63. The number of amides is 1. The molecule has 0 aliphatic carbocycles. The summed E-state index contributed by atoms with van der Waals surface area (Å²) in [5.74, 6) is 0.633. The van der Waals surface area contributed by atoms with Gasteiger partial charge in [0.2, 0.25) is 0 Å². The lowest BCUT2D eigenvalue weighted by molar-refractivity contribution is 0.0963. The lowest BCUT2D eigenvalue weighted by Crippen LogP contribution is -2.19. The predicted octanol–water partition coefficient (Wildman–Crippen LogP) is 4.10. The molecule has 2 aromatic rings. The number of nitrogens with one attached hydrogen (secondary N) is 2.